The summed E-state index contributed by atoms with van der Waals surface area (Å²) >= 11 is 1.76. The highest BCUT2D eigenvalue weighted by Crippen LogP contribution is 2.30. The zero-order valence-electron chi connectivity index (χ0n) is 11.3. The first-order valence-electron chi connectivity index (χ1n) is 6.39. The lowest BCUT2D eigenvalue weighted by molar-refractivity contribution is 0.252. The molecule has 0 atom stereocenters. The van der Waals surface area contributed by atoms with E-state index in [1.807, 2.05) is 50.3 Å². The molecule has 2 rings (SSSR count). The van der Waals surface area contributed by atoms with E-state index in [4.69, 9.17) is 9.15 Å². The lowest BCUT2D eigenvalue weighted by Gasteiger charge is -1.99. The zero-order chi connectivity index (χ0) is 13.5. The van der Waals surface area contributed by atoms with E-state index in [0.717, 1.165) is 17.1 Å². The maximum atomic E-state index is 5.74. The highest BCUT2D eigenvalue weighted by Gasteiger charge is 2.10. The van der Waals surface area contributed by atoms with E-state index < -0.39 is 0 Å². The second kappa shape index (κ2) is 7.10. The Morgan fingerprint density at radius 3 is 2.74 bits per heavy atom. The third-order valence-corrected chi connectivity index (χ3v) is 3.56. The third-order valence-electron chi connectivity index (χ3n) is 2.52. The minimum atomic E-state index is 0.614. The number of allylic oxidation sites excluding steroid dienone is 1. The molecule has 0 N–H and O–H groups in total. The first kappa shape index (κ1) is 13.8. The van der Waals surface area contributed by atoms with Gasteiger partial charge in [-0.1, -0.05) is 30.4 Å². The van der Waals surface area contributed by atoms with Gasteiger partial charge in [0.05, 0.1) is 17.9 Å². The first-order chi connectivity index (χ1) is 9.33. The average Bonchev–Trinajstić information content (AvgIpc) is 2.81. The number of hydrogen-bond acceptors (Lipinski definition) is 3. The Morgan fingerprint density at radius 1 is 1.26 bits per heavy atom. The molecule has 0 aliphatic carbocycles. The molecule has 0 spiro atoms. The largest absolute Gasteiger partial charge is 0.465 e. The fourth-order valence-electron chi connectivity index (χ4n) is 1.72. The quantitative estimate of drug-likeness (QED) is 0.692. The van der Waals surface area contributed by atoms with E-state index in [-0.39, 0.29) is 0 Å². The highest BCUT2D eigenvalue weighted by atomic mass is 32.2. The van der Waals surface area contributed by atoms with E-state index in [0.29, 0.717) is 12.6 Å². The number of ether oxygens (including phenoxy) is 1. The maximum Gasteiger partial charge on any atom is 0.292 e. The molecule has 0 fully saturated rings. The summed E-state index contributed by atoms with van der Waals surface area (Å²) < 4.78 is 11.2. The van der Waals surface area contributed by atoms with Crippen LogP contribution in [0.4, 0.5) is 0 Å². The Labute approximate surface area is 118 Å². The van der Waals surface area contributed by atoms with Crippen LogP contribution < -0.4 is 4.74 Å². The van der Waals surface area contributed by atoms with Crippen molar-refractivity contribution in [3.8, 4) is 5.95 Å². The summed E-state index contributed by atoms with van der Waals surface area (Å²) in [5, 5.41) is 0. The minimum absolute atomic E-state index is 0.614. The van der Waals surface area contributed by atoms with Crippen LogP contribution in [0.25, 0.3) is 6.08 Å². The lowest BCUT2D eigenvalue weighted by Crippen LogP contribution is -1.90. The van der Waals surface area contributed by atoms with Crippen molar-refractivity contribution in [2.24, 2.45) is 0 Å². The first-order valence-corrected chi connectivity index (χ1v) is 7.38. The predicted molar refractivity (Wildman–Crippen MR) is 80.6 cm³/mol. The topological polar surface area (TPSA) is 22.4 Å². The van der Waals surface area contributed by atoms with Crippen LogP contribution in [0.1, 0.15) is 25.2 Å². The molecule has 0 unspecified atom stereocenters. The summed E-state index contributed by atoms with van der Waals surface area (Å²) in [5.74, 6) is 2.36. The number of rotatable bonds is 6. The van der Waals surface area contributed by atoms with Gasteiger partial charge < -0.3 is 9.15 Å². The van der Waals surface area contributed by atoms with E-state index >= 15 is 0 Å². The van der Waals surface area contributed by atoms with E-state index in [2.05, 4.69) is 12.1 Å². The van der Waals surface area contributed by atoms with Crippen LogP contribution in [-0.4, -0.2) is 6.61 Å². The van der Waals surface area contributed by atoms with Gasteiger partial charge in [-0.25, -0.2) is 0 Å². The summed E-state index contributed by atoms with van der Waals surface area (Å²) in [5.41, 5.74) is 1.01. The molecule has 1 aromatic heterocycles. The molecule has 1 aromatic carbocycles. The predicted octanol–water partition coefficient (Wildman–Crippen LogP) is 5.00. The van der Waals surface area contributed by atoms with Crippen LogP contribution in [0.3, 0.4) is 0 Å². The average molecular weight is 274 g/mol. The standard InChI is InChI=1S/C16H18O2S/c1-3-8-13-11-14(18-16(13)17-4-2)12-19-15-9-6-5-7-10-15/h3,5-11H,4,12H2,1-2H3/b8-3+. The second-order valence-corrected chi connectivity index (χ2v) is 5.04. The van der Waals surface area contributed by atoms with E-state index in [1.165, 1.54) is 4.90 Å². The summed E-state index contributed by atoms with van der Waals surface area (Å²) in [6.45, 7) is 4.56. The van der Waals surface area contributed by atoms with Crippen molar-refractivity contribution in [2.75, 3.05) is 6.61 Å². The van der Waals surface area contributed by atoms with Crippen molar-refractivity contribution >= 4 is 17.8 Å². The maximum absolute atomic E-state index is 5.74. The van der Waals surface area contributed by atoms with E-state index in [1.54, 1.807) is 11.8 Å². The molecule has 100 valence electrons. The highest BCUT2D eigenvalue weighted by molar-refractivity contribution is 7.98. The monoisotopic (exact) mass is 274 g/mol. The second-order valence-electron chi connectivity index (χ2n) is 3.99. The van der Waals surface area contributed by atoms with Crippen molar-refractivity contribution < 1.29 is 9.15 Å². The molecule has 0 saturated carbocycles. The third kappa shape index (κ3) is 3.93. The Morgan fingerprint density at radius 2 is 2.05 bits per heavy atom. The van der Waals surface area contributed by atoms with Crippen LogP contribution in [0.15, 0.2) is 51.8 Å². The van der Waals surface area contributed by atoms with Gasteiger partial charge in [-0.15, -0.1) is 11.8 Å². The van der Waals surface area contributed by atoms with Gasteiger partial charge in [-0.05, 0) is 32.0 Å². The molecule has 0 bridgehead atoms. The molecule has 0 amide bonds. The molecular formula is C16H18O2S. The van der Waals surface area contributed by atoms with Crippen LogP contribution >= 0.6 is 11.8 Å². The van der Waals surface area contributed by atoms with Crippen molar-refractivity contribution in [2.45, 2.75) is 24.5 Å². The Bertz CT molecular complexity index is 529. The van der Waals surface area contributed by atoms with Crippen molar-refractivity contribution in [1.82, 2.24) is 0 Å². The summed E-state index contributed by atoms with van der Waals surface area (Å²) in [4.78, 5) is 1.24. The molecule has 0 radical (unpaired) electrons. The van der Waals surface area contributed by atoms with Gasteiger partial charge in [0.25, 0.3) is 5.95 Å². The molecular weight excluding hydrogens is 256 g/mol. The van der Waals surface area contributed by atoms with Gasteiger partial charge in [-0.3, -0.25) is 0 Å². The zero-order valence-corrected chi connectivity index (χ0v) is 12.1. The fourth-order valence-corrected chi connectivity index (χ4v) is 2.52. The molecule has 2 aromatic rings. The Hall–Kier alpha value is -1.61. The van der Waals surface area contributed by atoms with Crippen LogP contribution in [0.5, 0.6) is 5.95 Å². The smallest absolute Gasteiger partial charge is 0.292 e. The molecule has 2 nitrogen and oxygen atoms in total. The lowest BCUT2D eigenvalue weighted by atomic mass is 10.3. The van der Waals surface area contributed by atoms with Crippen LogP contribution in [0.2, 0.25) is 0 Å². The summed E-state index contributed by atoms with van der Waals surface area (Å²) in [7, 11) is 0. The van der Waals surface area contributed by atoms with Gasteiger partial charge in [0, 0.05) is 4.90 Å². The number of thioether (sulfide) groups is 1. The van der Waals surface area contributed by atoms with Crippen molar-refractivity contribution in [3.05, 3.63) is 53.8 Å². The van der Waals surface area contributed by atoms with Gasteiger partial charge >= 0.3 is 0 Å². The molecule has 1 heterocycles. The van der Waals surface area contributed by atoms with Crippen molar-refractivity contribution in [1.29, 1.82) is 0 Å². The SMILES string of the molecule is C/C=C/c1cc(CSc2ccccc2)oc1OCC. The molecule has 3 heteroatoms. The van der Waals surface area contributed by atoms with Gasteiger partial charge in [0.15, 0.2) is 0 Å². The van der Waals surface area contributed by atoms with Gasteiger partial charge in [0.2, 0.25) is 0 Å². The van der Waals surface area contributed by atoms with Crippen LogP contribution in [-0.2, 0) is 5.75 Å². The number of furan rings is 1. The molecule has 0 aliphatic rings. The molecule has 19 heavy (non-hydrogen) atoms. The normalized spacial score (nSPS) is 11.1. The number of benzene rings is 1. The molecule has 0 aliphatic heterocycles. The minimum Gasteiger partial charge on any atom is -0.465 e. The fraction of sp³-hybridized carbons (Fsp3) is 0.250. The van der Waals surface area contributed by atoms with Gasteiger partial charge in [-0.2, -0.15) is 0 Å². The summed E-state index contributed by atoms with van der Waals surface area (Å²) in [6.07, 6.45) is 3.99. The Kier molecular flexibility index (Phi) is 5.16. The van der Waals surface area contributed by atoms with Crippen molar-refractivity contribution in [3.63, 3.8) is 0 Å². The van der Waals surface area contributed by atoms with Gasteiger partial charge in [0.1, 0.15) is 5.76 Å². The van der Waals surface area contributed by atoms with E-state index in [9.17, 15) is 0 Å². The van der Waals surface area contributed by atoms with Crippen LogP contribution in [0, 0.1) is 0 Å². The Balaban J connectivity index is 2.06. The summed E-state index contributed by atoms with van der Waals surface area (Å²) in [6, 6.07) is 12.4. The number of hydrogen-bond donors (Lipinski definition) is 0. The molecule has 0 saturated heterocycles.